The molecule has 1 atom stereocenters. The summed E-state index contributed by atoms with van der Waals surface area (Å²) in [5, 5.41) is 12.3. The van der Waals surface area contributed by atoms with Gasteiger partial charge in [0, 0.05) is 6.54 Å². The normalized spacial score (nSPS) is 12.6. The van der Waals surface area contributed by atoms with Gasteiger partial charge in [-0.2, -0.15) is 13.2 Å². The van der Waals surface area contributed by atoms with Gasteiger partial charge in [0.25, 0.3) is 0 Å². The van der Waals surface area contributed by atoms with Crippen molar-refractivity contribution in [1.82, 2.24) is 0 Å². The number of anilines is 1. The first-order valence-corrected chi connectivity index (χ1v) is 7.88. The van der Waals surface area contributed by atoms with Crippen molar-refractivity contribution in [1.29, 1.82) is 0 Å². The number of hydrogen-bond acceptors (Lipinski definition) is 4. The van der Waals surface area contributed by atoms with Gasteiger partial charge in [0.2, 0.25) is 0 Å². The molecule has 1 unspecified atom stereocenters. The van der Waals surface area contributed by atoms with Gasteiger partial charge in [0.05, 0.1) is 30.3 Å². The fraction of sp³-hybridized carbons (Fsp3) is 0.294. The summed E-state index contributed by atoms with van der Waals surface area (Å²) in [5.41, 5.74) is -0.716. The fourth-order valence-electron chi connectivity index (χ4n) is 1.99. The van der Waals surface area contributed by atoms with E-state index in [9.17, 15) is 18.3 Å². The van der Waals surface area contributed by atoms with Gasteiger partial charge < -0.3 is 19.9 Å². The standard InChI is InChI=1S/C17H17ClF3NO3/c1-24-13-3-5-14(6-4-13)25-16-7-2-11(17(19,20)21)8-15(16)22-10-12(23)9-18/h2-8,12,22-23H,9-10H2,1H3. The van der Waals surface area contributed by atoms with E-state index >= 15 is 0 Å². The summed E-state index contributed by atoms with van der Waals surface area (Å²) in [4.78, 5) is 0. The number of hydrogen-bond donors (Lipinski definition) is 2. The van der Waals surface area contributed by atoms with Crippen molar-refractivity contribution < 1.29 is 27.8 Å². The zero-order valence-corrected chi connectivity index (χ0v) is 14.1. The summed E-state index contributed by atoms with van der Waals surface area (Å²) in [7, 11) is 1.52. The molecule has 2 rings (SSSR count). The lowest BCUT2D eigenvalue weighted by Crippen LogP contribution is -2.21. The summed E-state index contributed by atoms with van der Waals surface area (Å²) < 4.78 is 49.4. The molecule has 0 heterocycles. The molecule has 136 valence electrons. The average molecular weight is 376 g/mol. The molecule has 4 nitrogen and oxygen atoms in total. The maximum absolute atomic E-state index is 12.9. The minimum absolute atomic E-state index is 0.0101. The fourth-order valence-corrected chi connectivity index (χ4v) is 2.10. The Kier molecular flexibility index (Phi) is 6.39. The first-order valence-electron chi connectivity index (χ1n) is 7.34. The van der Waals surface area contributed by atoms with E-state index in [1.165, 1.54) is 13.2 Å². The SMILES string of the molecule is COc1ccc(Oc2ccc(C(F)(F)F)cc2NCC(O)CCl)cc1. The van der Waals surface area contributed by atoms with Crippen LogP contribution >= 0.6 is 11.6 Å². The van der Waals surface area contributed by atoms with Crippen LogP contribution in [0, 0.1) is 0 Å². The number of aliphatic hydroxyl groups is 1. The largest absolute Gasteiger partial charge is 0.497 e. The second-order valence-corrected chi connectivity index (χ2v) is 5.48. The molecule has 0 amide bonds. The summed E-state index contributed by atoms with van der Waals surface area (Å²) in [6.45, 7) is -0.0101. The third kappa shape index (κ3) is 5.44. The third-order valence-electron chi connectivity index (χ3n) is 3.30. The number of nitrogens with one attached hydrogen (secondary N) is 1. The molecule has 2 aromatic carbocycles. The molecule has 2 N–H and O–H groups in total. The molecular formula is C17H17ClF3NO3. The van der Waals surface area contributed by atoms with Gasteiger partial charge in [-0.3, -0.25) is 0 Å². The maximum atomic E-state index is 12.9. The van der Waals surface area contributed by atoms with Gasteiger partial charge in [-0.25, -0.2) is 0 Å². The highest BCUT2D eigenvalue weighted by atomic mass is 35.5. The first-order chi connectivity index (χ1) is 11.8. The van der Waals surface area contributed by atoms with E-state index in [0.29, 0.717) is 11.5 Å². The molecule has 0 aromatic heterocycles. The van der Waals surface area contributed by atoms with E-state index < -0.39 is 17.8 Å². The highest BCUT2D eigenvalue weighted by Gasteiger charge is 2.31. The van der Waals surface area contributed by atoms with Crippen molar-refractivity contribution in [2.24, 2.45) is 0 Å². The smallest absolute Gasteiger partial charge is 0.416 e. The predicted molar refractivity (Wildman–Crippen MR) is 89.7 cm³/mol. The minimum atomic E-state index is -4.49. The van der Waals surface area contributed by atoms with Crippen LogP contribution in [-0.4, -0.2) is 30.7 Å². The van der Waals surface area contributed by atoms with Crippen molar-refractivity contribution in [2.45, 2.75) is 12.3 Å². The van der Waals surface area contributed by atoms with Crippen LogP contribution < -0.4 is 14.8 Å². The summed E-state index contributed by atoms with van der Waals surface area (Å²) in [5.74, 6) is 1.21. The Morgan fingerprint density at radius 2 is 1.76 bits per heavy atom. The molecular weight excluding hydrogens is 359 g/mol. The van der Waals surface area contributed by atoms with E-state index in [0.717, 1.165) is 12.1 Å². The van der Waals surface area contributed by atoms with E-state index in [2.05, 4.69) is 5.32 Å². The minimum Gasteiger partial charge on any atom is -0.497 e. The summed E-state index contributed by atoms with van der Waals surface area (Å²) in [6.07, 6.45) is -5.38. The Balaban J connectivity index is 2.27. The third-order valence-corrected chi connectivity index (χ3v) is 3.66. The Labute approximate surface area is 148 Å². The van der Waals surface area contributed by atoms with Crippen LogP contribution in [0.1, 0.15) is 5.56 Å². The van der Waals surface area contributed by atoms with Crippen molar-refractivity contribution in [3.05, 3.63) is 48.0 Å². The lowest BCUT2D eigenvalue weighted by atomic mass is 10.1. The summed E-state index contributed by atoms with van der Waals surface area (Å²) in [6, 6.07) is 9.69. The van der Waals surface area contributed by atoms with Crippen LogP contribution in [0.15, 0.2) is 42.5 Å². The molecule has 25 heavy (non-hydrogen) atoms. The molecule has 0 spiro atoms. The Morgan fingerprint density at radius 3 is 2.32 bits per heavy atom. The van der Waals surface area contributed by atoms with Crippen LogP contribution in [0.5, 0.6) is 17.2 Å². The zero-order valence-electron chi connectivity index (χ0n) is 13.3. The highest BCUT2D eigenvalue weighted by molar-refractivity contribution is 6.18. The molecule has 0 aliphatic rings. The molecule has 0 fully saturated rings. The van der Waals surface area contributed by atoms with Gasteiger partial charge in [-0.05, 0) is 42.5 Å². The van der Waals surface area contributed by atoms with Crippen LogP contribution in [0.2, 0.25) is 0 Å². The van der Waals surface area contributed by atoms with E-state index in [4.69, 9.17) is 21.1 Å². The van der Waals surface area contributed by atoms with Crippen LogP contribution in [0.4, 0.5) is 18.9 Å². The van der Waals surface area contributed by atoms with Crippen molar-refractivity contribution in [3.8, 4) is 17.2 Å². The number of methoxy groups -OCH3 is 1. The Hall–Kier alpha value is -2.12. The monoisotopic (exact) mass is 375 g/mol. The summed E-state index contributed by atoms with van der Waals surface area (Å²) >= 11 is 5.51. The molecule has 0 radical (unpaired) electrons. The van der Waals surface area contributed by atoms with Gasteiger partial charge >= 0.3 is 6.18 Å². The molecule has 8 heteroatoms. The van der Waals surface area contributed by atoms with Crippen molar-refractivity contribution in [3.63, 3.8) is 0 Å². The van der Waals surface area contributed by atoms with Gasteiger partial charge in [0.1, 0.15) is 11.5 Å². The number of alkyl halides is 4. The second-order valence-electron chi connectivity index (χ2n) is 5.18. The number of rotatable bonds is 7. The van der Waals surface area contributed by atoms with E-state index in [-0.39, 0.29) is 23.9 Å². The molecule has 2 aromatic rings. The van der Waals surface area contributed by atoms with Crippen LogP contribution in [0.25, 0.3) is 0 Å². The maximum Gasteiger partial charge on any atom is 0.416 e. The van der Waals surface area contributed by atoms with Gasteiger partial charge in [0.15, 0.2) is 5.75 Å². The van der Waals surface area contributed by atoms with Crippen LogP contribution in [0.3, 0.4) is 0 Å². The average Bonchev–Trinajstić information content (AvgIpc) is 2.60. The Morgan fingerprint density at radius 1 is 1.12 bits per heavy atom. The molecule has 0 saturated carbocycles. The molecule has 0 aliphatic heterocycles. The molecule has 0 saturated heterocycles. The number of benzene rings is 2. The van der Waals surface area contributed by atoms with Crippen LogP contribution in [-0.2, 0) is 6.18 Å². The zero-order chi connectivity index (χ0) is 18.4. The number of ether oxygens (including phenoxy) is 2. The lowest BCUT2D eigenvalue weighted by Gasteiger charge is -2.17. The predicted octanol–water partition coefficient (Wildman–Crippen LogP) is 4.52. The first kappa shape index (κ1) is 19.2. The van der Waals surface area contributed by atoms with E-state index in [1.807, 2.05) is 0 Å². The Bertz CT molecular complexity index is 693. The van der Waals surface area contributed by atoms with E-state index in [1.54, 1.807) is 24.3 Å². The topological polar surface area (TPSA) is 50.7 Å². The molecule has 0 aliphatic carbocycles. The second kappa shape index (κ2) is 8.31. The number of aliphatic hydroxyl groups excluding tert-OH is 1. The van der Waals surface area contributed by atoms with Gasteiger partial charge in [-0.1, -0.05) is 0 Å². The highest BCUT2D eigenvalue weighted by Crippen LogP contribution is 2.37. The quantitative estimate of drug-likeness (QED) is 0.699. The molecule has 0 bridgehead atoms. The number of halogens is 4. The van der Waals surface area contributed by atoms with Crippen molar-refractivity contribution >= 4 is 17.3 Å². The van der Waals surface area contributed by atoms with Crippen molar-refractivity contribution in [2.75, 3.05) is 24.9 Å². The lowest BCUT2D eigenvalue weighted by molar-refractivity contribution is -0.137. The van der Waals surface area contributed by atoms with Gasteiger partial charge in [-0.15, -0.1) is 11.6 Å².